The van der Waals surface area contributed by atoms with Crippen molar-refractivity contribution in [2.75, 3.05) is 13.1 Å². The molecule has 0 aromatic heterocycles. The minimum absolute atomic E-state index is 0.349. The van der Waals surface area contributed by atoms with E-state index < -0.39 is 11.3 Å². The van der Waals surface area contributed by atoms with E-state index in [-0.39, 0.29) is 5.92 Å². The molecule has 12 heavy (non-hydrogen) atoms. The molecule has 2 rings (SSSR count). The lowest BCUT2D eigenvalue weighted by atomic mass is 9.92. The van der Waals surface area contributed by atoms with Crippen molar-refractivity contribution in [3.05, 3.63) is 0 Å². The normalized spacial score (nSPS) is 44.8. The van der Waals surface area contributed by atoms with Crippen molar-refractivity contribution in [2.24, 2.45) is 11.3 Å². The third kappa shape index (κ3) is 0.804. The molecule has 1 saturated heterocycles. The van der Waals surface area contributed by atoms with Crippen LogP contribution in [0.25, 0.3) is 0 Å². The molecule has 1 N–H and O–H groups in total. The van der Waals surface area contributed by atoms with Crippen LogP contribution in [0.5, 0.6) is 0 Å². The largest absolute Gasteiger partial charge is 0.316 e. The maximum absolute atomic E-state index is 13.3. The fourth-order valence-electron chi connectivity index (χ4n) is 2.75. The molecule has 1 spiro atoms. The van der Waals surface area contributed by atoms with E-state index in [9.17, 15) is 8.78 Å². The third-order valence-corrected chi connectivity index (χ3v) is 3.51. The number of hydrogen-bond donors (Lipinski definition) is 1. The molecule has 1 aliphatic heterocycles. The standard InChI is InChI=1S/C9H15F2N/c1-2-7-8(9(7,10)11)4-3-5-12-6-8/h7,12H,2-6H2,1H3. The molecule has 0 aromatic rings. The van der Waals surface area contributed by atoms with Crippen LogP contribution < -0.4 is 5.32 Å². The van der Waals surface area contributed by atoms with Gasteiger partial charge in [0.15, 0.2) is 0 Å². The zero-order valence-electron chi connectivity index (χ0n) is 7.37. The van der Waals surface area contributed by atoms with Crippen LogP contribution in [-0.2, 0) is 0 Å². The van der Waals surface area contributed by atoms with Crippen LogP contribution in [0.15, 0.2) is 0 Å². The van der Waals surface area contributed by atoms with Crippen molar-refractivity contribution in [3.63, 3.8) is 0 Å². The Balaban J connectivity index is 2.12. The van der Waals surface area contributed by atoms with Gasteiger partial charge in [-0.3, -0.25) is 0 Å². The Morgan fingerprint density at radius 2 is 2.25 bits per heavy atom. The fraction of sp³-hybridized carbons (Fsp3) is 1.00. The van der Waals surface area contributed by atoms with Gasteiger partial charge >= 0.3 is 0 Å². The second-order valence-electron chi connectivity index (χ2n) is 4.02. The van der Waals surface area contributed by atoms with Gasteiger partial charge in [0.05, 0.1) is 5.41 Å². The van der Waals surface area contributed by atoms with Crippen LogP contribution in [0.1, 0.15) is 26.2 Å². The highest BCUT2D eigenvalue weighted by atomic mass is 19.3. The summed E-state index contributed by atoms with van der Waals surface area (Å²) in [7, 11) is 0. The number of hydrogen-bond acceptors (Lipinski definition) is 1. The van der Waals surface area contributed by atoms with Gasteiger partial charge in [0.2, 0.25) is 0 Å². The number of halogens is 2. The van der Waals surface area contributed by atoms with E-state index in [1.54, 1.807) is 0 Å². The highest BCUT2D eigenvalue weighted by Gasteiger charge is 2.78. The van der Waals surface area contributed by atoms with Crippen LogP contribution in [0.2, 0.25) is 0 Å². The Hall–Kier alpha value is -0.180. The van der Waals surface area contributed by atoms with Crippen molar-refractivity contribution < 1.29 is 8.78 Å². The van der Waals surface area contributed by atoms with Crippen molar-refractivity contribution in [3.8, 4) is 0 Å². The topological polar surface area (TPSA) is 12.0 Å². The molecule has 2 fully saturated rings. The number of nitrogens with one attached hydrogen (secondary N) is 1. The predicted molar refractivity (Wildman–Crippen MR) is 43.3 cm³/mol. The molecule has 1 heterocycles. The lowest BCUT2D eigenvalue weighted by Crippen LogP contribution is -2.34. The summed E-state index contributed by atoms with van der Waals surface area (Å²) < 4.78 is 26.6. The zero-order valence-corrected chi connectivity index (χ0v) is 7.37. The van der Waals surface area contributed by atoms with E-state index in [0.717, 1.165) is 13.0 Å². The van der Waals surface area contributed by atoms with Crippen molar-refractivity contribution in [2.45, 2.75) is 32.1 Å². The van der Waals surface area contributed by atoms with Crippen LogP contribution in [0.3, 0.4) is 0 Å². The molecular formula is C9H15F2N. The van der Waals surface area contributed by atoms with Gasteiger partial charge < -0.3 is 5.32 Å². The molecule has 1 aliphatic carbocycles. The summed E-state index contributed by atoms with van der Waals surface area (Å²) >= 11 is 0. The van der Waals surface area contributed by atoms with Crippen LogP contribution >= 0.6 is 0 Å². The monoisotopic (exact) mass is 175 g/mol. The van der Waals surface area contributed by atoms with Crippen molar-refractivity contribution in [1.29, 1.82) is 0 Å². The van der Waals surface area contributed by atoms with Gasteiger partial charge in [-0.25, -0.2) is 8.78 Å². The summed E-state index contributed by atoms with van der Waals surface area (Å²) in [6.07, 6.45) is 2.24. The molecule has 0 bridgehead atoms. The van der Waals surface area contributed by atoms with Crippen molar-refractivity contribution >= 4 is 0 Å². The molecule has 2 atom stereocenters. The molecule has 1 nitrogen and oxygen atoms in total. The third-order valence-electron chi connectivity index (χ3n) is 3.51. The van der Waals surface area contributed by atoms with E-state index in [2.05, 4.69) is 5.32 Å². The highest BCUT2D eigenvalue weighted by Crippen LogP contribution is 2.69. The van der Waals surface area contributed by atoms with E-state index in [1.165, 1.54) is 0 Å². The minimum atomic E-state index is -2.38. The van der Waals surface area contributed by atoms with Gasteiger partial charge in [-0.15, -0.1) is 0 Å². The average Bonchev–Trinajstić information content (AvgIpc) is 2.49. The second kappa shape index (κ2) is 2.41. The van der Waals surface area contributed by atoms with Crippen LogP contribution in [0, 0.1) is 11.3 Å². The van der Waals surface area contributed by atoms with E-state index in [1.807, 2.05) is 6.92 Å². The summed E-state index contributed by atoms with van der Waals surface area (Å²) in [5, 5.41) is 3.08. The van der Waals surface area contributed by atoms with Crippen molar-refractivity contribution in [1.82, 2.24) is 5.32 Å². The van der Waals surface area contributed by atoms with E-state index >= 15 is 0 Å². The molecule has 2 unspecified atom stereocenters. The Morgan fingerprint density at radius 3 is 2.67 bits per heavy atom. The lowest BCUT2D eigenvalue weighted by molar-refractivity contribution is 0.0482. The average molecular weight is 175 g/mol. The first-order chi connectivity index (χ1) is 5.65. The van der Waals surface area contributed by atoms with E-state index in [4.69, 9.17) is 0 Å². The molecule has 3 heteroatoms. The second-order valence-corrected chi connectivity index (χ2v) is 4.02. The maximum Gasteiger partial charge on any atom is 0.258 e. The molecular weight excluding hydrogens is 160 g/mol. The van der Waals surface area contributed by atoms with Crippen LogP contribution in [-0.4, -0.2) is 19.0 Å². The Bertz CT molecular complexity index is 185. The lowest BCUT2D eigenvalue weighted by Gasteiger charge is -2.22. The van der Waals surface area contributed by atoms with Gasteiger partial charge in [-0.1, -0.05) is 6.92 Å². The fourth-order valence-corrected chi connectivity index (χ4v) is 2.75. The summed E-state index contributed by atoms with van der Waals surface area (Å²) in [5.41, 5.74) is -0.653. The number of rotatable bonds is 1. The number of piperidine rings is 1. The summed E-state index contributed by atoms with van der Waals surface area (Å²) in [6.45, 7) is 3.30. The first-order valence-electron chi connectivity index (χ1n) is 4.73. The smallest absolute Gasteiger partial charge is 0.258 e. The minimum Gasteiger partial charge on any atom is -0.316 e. The van der Waals surface area contributed by atoms with Gasteiger partial charge in [0.1, 0.15) is 0 Å². The molecule has 0 amide bonds. The molecule has 70 valence electrons. The SMILES string of the molecule is CCC1C(F)(F)C12CCCNC2. The first kappa shape index (κ1) is 8.42. The molecule has 0 radical (unpaired) electrons. The first-order valence-corrected chi connectivity index (χ1v) is 4.73. The summed E-state index contributed by atoms with van der Waals surface area (Å²) in [6, 6.07) is 0. The van der Waals surface area contributed by atoms with Gasteiger partial charge in [0, 0.05) is 12.5 Å². The predicted octanol–water partition coefficient (Wildman–Crippen LogP) is 2.03. The quantitative estimate of drug-likeness (QED) is 0.643. The molecule has 2 aliphatic rings. The van der Waals surface area contributed by atoms with E-state index in [0.29, 0.717) is 19.4 Å². The highest BCUT2D eigenvalue weighted by molar-refractivity contribution is 5.19. The molecule has 1 saturated carbocycles. The maximum atomic E-state index is 13.3. The Labute approximate surface area is 71.5 Å². The van der Waals surface area contributed by atoms with Crippen LogP contribution in [0.4, 0.5) is 8.78 Å². The Morgan fingerprint density at radius 1 is 1.50 bits per heavy atom. The van der Waals surface area contributed by atoms with Gasteiger partial charge in [-0.2, -0.15) is 0 Å². The van der Waals surface area contributed by atoms with Gasteiger partial charge in [0.25, 0.3) is 5.92 Å². The molecule has 0 aromatic carbocycles. The zero-order chi connectivity index (χ0) is 8.82. The number of alkyl halides is 2. The summed E-state index contributed by atoms with van der Waals surface area (Å²) in [4.78, 5) is 0. The summed E-state index contributed by atoms with van der Waals surface area (Å²) in [5.74, 6) is -2.73. The Kier molecular flexibility index (Phi) is 1.69. The van der Waals surface area contributed by atoms with Gasteiger partial charge in [-0.05, 0) is 25.8 Å².